The second kappa shape index (κ2) is 9.13. The van der Waals surface area contributed by atoms with Crippen LogP contribution in [0.2, 0.25) is 0 Å². The molecule has 0 radical (unpaired) electrons. The average molecular weight is 383 g/mol. The zero-order valence-corrected chi connectivity index (χ0v) is 16.6. The molecule has 1 unspecified atom stereocenters. The Morgan fingerprint density at radius 1 is 1.11 bits per heavy atom. The van der Waals surface area contributed by atoms with Crippen LogP contribution in [0.25, 0.3) is 10.9 Å². The Morgan fingerprint density at radius 3 is 2.61 bits per heavy atom. The number of methoxy groups -OCH3 is 1. The fraction of sp³-hybridized carbons (Fsp3) is 0.391. The number of aliphatic hydroxyl groups excluding tert-OH is 2. The van der Waals surface area contributed by atoms with Gasteiger partial charge in [-0.1, -0.05) is 37.6 Å². The van der Waals surface area contributed by atoms with Gasteiger partial charge in [0.25, 0.3) is 0 Å². The number of nitrogens with zero attached hydrogens (tertiary/aromatic N) is 1. The van der Waals surface area contributed by atoms with E-state index >= 15 is 0 Å². The molecule has 2 aromatic carbocycles. The van der Waals surface area contributed by atoms with Gasteiger partial charge in [0.1, 0.15) is 11.5 Å². The third kappa shape index (κ3) is 4.16. The van der Waals surface area contributed by atoms with E-state index in [1.165, 1.54) is 0 Å². The zero-order valence-electron chi connectivity index (χ0n) is 16.6. The lowest BCUT2D eigenvalue weighted by Crippen LogP contribution is -2.14. The van der Waals surface area contributed by atoms with Crippen LogP contribution in [-0.4, -0.2) is 39.7 Å². The third-order valence-electron chi connectivity index (χ3n) is 5.19. The Morgan fingerprint density at radius 2 is 1.89 bits per heavy atom. The van der Waals surface area contributed by atoms with Gasteiger partial charge >= 0.3 is 0 Å². The number of hydrogen-bond acceptors (Lipinski definition) is 4. The summed E-state index contributed by atoms with van der Waals surface area (Å²) in [5.74, 6) is 0.954. The van der Waals surface area contributed by atoms with Gasteiger partial charge < -0.3 is 24.6 Å². The van der Waals surface area contributed by atoms with Gasteiger partial charge in [0, 0.05) is 23.5 Å². The van der Waals surface area contributed by atoms with Crippen molar-refractivity contribution in [2.45, 2.75) is 45.3 Å². The van der Waals surface area contributed by atoms with Crippen LogP contribution in [-0.2, 0) is 19.4 Å². The minimum absolute atomic E-state index is 0.215. The maximum absolute atomic E-state index is 10.5. The molecular formula is C23H29NO4. The fourth-order valence-electron chi connectivity index (χ4n) is 3.74. The van der Waals surface area contributed by atoms with Crippen molar-refractivity contribution < 1.29 is 20.1 Å². The van der Waals surface area contributed by atoms with Crippen molar-refractivity contribution in [2.24, 2.45) is 0 Å². The molecule has 0 aliphatic rings. The minimum Gasteiger partial charge on any atom is -0.507 e. The molecule has 150 valence electrons. The summed E-state index contributed by atoms with van der Waals surface area (Å²) in [6, 6.07) is 11.6. The quantitative estimate of drug-likeness (QED) is 0.527. The molecule has 1 heterocycles. The smallest absolute Gasteiger partial charge is 0.130 e. The molecule has 0 saturated heterocycles. The molecule has 0 bridgehead atoms. The molecule has 0 spiro atoms. The lowest BCUT2D eigenvalue weighted by atomic mass is 10.0. The van der Waals surface area contributed by atoms with E-state index < -0.39 is 6.10 Å². The Balaban J connectivity index is 2.03. The van der Waals surface area contributed by atoms with Crippen LogP contribution in [0.3, 0.4) is 0 Å². The predicted molar refractivity (Wildman–Crippen MR) is 111 cm³/mol. The van der Waals surface area contributed by atoms with Crippen LogP contribution in [0.15, 0.2) is 42.6 Å². The predicted octanol–water partition coefficient (Wildman–Crippen LogP) is 3.64. The summed E-state index contributed by atoms with van der Waals surface area (Å²) in [5, 5.41) is 30.7. The van der Waals surface area contributed by atoms with Gasteiger partial charge in [0.2, 0.25) is 0 Å². The largest absolute Gasteiger partial charge is 0.507 e. The molecule has 0 aliphatic carbocycles. The average Bonchev–Trinajstić information content (AvgIpc) is 3.05. The number of phenolic OH excluding ortho intramolecular Hbond substituents is 1. The molecule has 5 heteroatoms. The summed E-state index contributed by atoms with van der Waals surface area (Å²) in [6.45, 7) is 2.35. The highest BCUT2D eigenvalue weighted by atomic mass is 16.5. The topological polar surface area (TPSA) is 74.9 Å². The first-order chi connectivity index (χ1) is 13.6. The van der Waals surface area contributed by atoms with Crippen molar-refractivity contribution in [1.29, 1.82) is 0 Å². The molecule has 28 heavy (non-hydrogen) atoms. The van der Waals surface area contributed by atoms with E-state index in [4.69, 9.17) is 4.74 Å². The Hall–Kier alpha value is -2.50. The Labute approximate surface area is 165 Å². The number of ether oxygens (including phenoxy) is 1. The molecule has 1 atom stereocenters. The van der Waals surface area contributed by atoms with Crippen molar-refractivity contribution in [1.82, 2.24) is 4.57 Å². The number of fused-ring (bicyclic) bond motifs is 1. The van der Waals surface area contributed by atoms with Crippen molar-refractivity contribution >= 4 is 10.9 Å². The standard InChI is InChI=1S/C23H29NO4/c1-3-4-7-16-10-11-22(27)20(23(16)28-2)14-24-13-17(12-18(26)15-25)19-8-5-6-9-21(19)24/h5-6,8-11,13,18,25-27H,3-4,7,12,14-15H2,1-2H3. The van der Waals surface area contributed by atoms with Crippen molar-refractivity contribution in [3.8, 4) is 11.5 Å². The molecule has 0 saturated carbocycles. The second-order valence-electron chi connectivity index (χ2n) is 7.20. The molecule has 3 N–H and O–H groups in total. The zero-order chi connectivity index (χ0) is 20.1. The summed E-state index contributed by atoms with van der Waals surface area (Å²) in [5.41, 5.74) is 3.84. The molecule has 0 amide bonds. The van der Waals surface area contributed by atoms with Gasteiger partial charge in [-0.3, -0.25) is 0 Å². The molecule has 3 aromatic rings. The van der Waals surface area contributed by atoms with E-state index in [9.17, 15) is 15.3 Å². The lowest BCUT2D eigenvalue weighted by Gasteiger charge is -2.16. The number of benzene rings is 2. The van der Waals surface area contributed by atoms with E-state index in [0.29, 0.717) is 13.0 Å². The fourth-order valence-corrected chi connectivity index (χ4v) is 3.74. The summed E-state index contributed by atoms with van der Waals surface area (Å²) >= 11 is 0. The Kier molecular flexibility index (Phi) is 6.60. The van der Waals surface area contributed by atoms with Gasteiger partial charge in [-0.25, -0.2) is 0 Å². The van der Waals surface area contributed by atoms with Crippen molar-refractivity contribution in [3.05, 3.63) is 59.3 Å². The first kappa shape index (κ1) is 20.2. The van der Waals surface area contributed by atoms with Crippen LogP contribution in [0.4, 0.5) is 0 Å². The highest BCUT2D eigenvalue weighted by Gasteiger charge is 2.17. The molecule has 3 rings (SSSR count). The highest BCUT2D eigenvalue weighted by molar-refractivity contribution is 5.84. The van der Waals surface area contributed by atoms with E-state index in [1.54, 1.807) is 13.2 Å². The molecule has 0 aliphatic heterocycles. The number of aromatic hydroxyl groups is 1. The van der Waals surface area contributed by atoms with E-state index in [-0.39, 0.29) is 12.4 Å². The normalized spacial score (nSPS) is 12.4. The SMILES string of the molecule is CCCCc1ccc(O)c(Cn2cc(CC(O)CO)c3ccccc32)c1OC. The maximum atomic E-state index is 10.5. The first-order valence-corrected chi connectivity index (χ1v) is 9.82. The third-order valence-corrected chi connectivity index (χ3v) is 5.19. The number of hydrogen-bond donors (Lipinski definition) is 3. The lowest BCUT2D eigenvalue weighted by molar-refractivity contribution is 0.0957. The monoisotopic (exact) mass is 383 g/mol. The minimum atomic E-state index is -0.792. The first-order valence-electron chi connectivity index (χ1n) is 9.82. The van der Waals surface area contributed by atoms with E-state index in [0.717, 1.165) is 52.6 Å². The number of aliphatic hydroxyl groups is 2. The molecule has 5 nitrogen and oxygen atoms in total. The van der Waals surface area contributed by atoms with Crippen LogP contribution in [0, 0.1) is 0 Å². The Bertz CT molecular complexity index is 932. The van der Waals surface area contributed by atoms with Crippen LogP contribution in [0.1, 0.15) is 36.5 Å². The number of aryl methyl sites for hydroxylation is 1. The van der Waals surface area contributed by atoms with Crippen LogP contribution < -0.4 is 4.74 Å². The van der Waals surface area contributed by atoms with Crippen molar-refractivity contribution in [3.63, 3.8) is 0 Å². The number of unbranched alkanes of at least 4 members (excludes halogenated alkanes) is 1. The molecule has 1 aromatic heterocycles. The number of para-hydroxylation sites is 1. The van der Waals surface area contributed by atoms with Gasteiger partial charge in [0.05, 0.1) is 31.9 Å². The van der Waals surface area contributed by atoms with Gasteiger partial charge in [-0.15, -0.1) is 0 Å². The van der Waals surface area contributed by atoms with E-state index in [1.807, 2.05) is 36.5 Å². The highest BCUT2D eigenvalue weighted by Crippen LogP contribution is 2.34. The van der Waals surface area contributed by atoms with Crippen LogP contribution in [0.5, 0.6) is 11.5 Å². The summed E-state index contributed by atoms with van der Waals surface area (Å²) in [7, 11) is 1.64. The number of aromatic nitrogens is 1. The second-order valence-corrected chi connectivity index (χ2v) is 7.20. The van der Waals surface area contributed by atoms with Crippen LogP contribution >= 0.6 is 0 Å². The number of rotatable bonds is 9. The number of phenols is 1. The molecule has 0 fully saturated rings. The summed E-state index contributed by atoms with van der Waals surface area (Å²) < 4.78 is 7.75. The summed E-state index contributed by atoms with van der Waals surface area (Å²) in [4.78, 5) is 0. The van der Waals surface area contributed by atoms with Gasteiger partial charge in [-0.2, -0.15) is 0 Å². The summed E-state index contributed by atoms with van der Waals surface area (Å²) in [6.07, 6.45) is 4.64. The maximum Gasteiger partial charge on any atom is 0.130 e. The molecular weight excluding hydrogens is 354 g/mol. The van der Waals surface area contributed by atoms with Gasteiger partial charge in [-0.05, 0) is 36.1 Å². The van der Waals surface area contributed by atoms with Gasteiger partial charge in [0.15, 0.2) is 0 Å². The van der Waals surface area contributed by atoms with E-state index in [2.05, 4.69) is 11.5 Å². The van der Waals surface area contributed by atoms with Crippen molar-refractivity contribution in [2.75, 3.05) is 13.7 Å².